The van der Waals surface area contributed by atoms with Crippen LogP contribution < -0.4 is 0 Å². The molecule has 1 aromatic rings. The van der Waals surface area contributed by atoms with Crippen molar-refractivity contribution in [3.8, 4) is 0 Å². The summed E-state index contributed by atoms with van der Waals surface area (Å²) in [4.78, 5) is 12.3. The Labute approximate surface area is 92.6 Å². The fraction of sp³-hybridized carbons (Fsp3) is 0.300. The van der Waals surface area contributed by atoms with Crippen LogP contribution in [-0.4, -0.2) is 18.8 Å². The first-order valence-corrected chi connectivity index (χ1v) is 5.56. The number of halogens is 1. The number of benzene rings is 1. The molecule has 0 radical (unpaired) electrons. The minimum absolute atomic E-state index is 0.395. The molecule has 14 heavy (non-hydrogen) atoms. The highest BCUT2D eigenvalue weighted by Gasteiger charge is 2.10. The Balaban J connectivity index is 3.01. The lowest BCUT2D eigenvalue weighted by molar-refractivity contribution is 0.0600. The molecular formula is C10H11ClO2S. The summed E-state index contributed by atoms with van der Waals surface area (Å²) < 4.78 is 4.62. The number of hydrogen-bond acceptors (Lipinski definition) is 3. The lowest BCUT2D eigenvalue weighted by Gasteiger charge is -2.04. The van der Waals surface area contributed by atoms with Crippen LogP contribution in [0.1, 0.15) is 17.3 Å². The van der Waals surface area contributed by atoms with Gasteiger partial charge in [-0.2, -0.15) is 0 Å². The van der Waals surface area contributed by atoms with E-state index in [9.17, 15) is 4.79 Å². The predicted octanol–water partition coefficient (Wildman–Crippen LogP) is 3.24. The second kappa shape index (κ2) is 5.27. The second-order valence-electron chi connectivity index (χ2n) is 2.57. The van der Waals surface area contributed by atoms with Gasteiger partial charge >= 0.3 is 5.97 Å². The Morgan fingerprint density at radius 3 is 2.86 bits per heavy atom. The zero-order valence-electron chi connectivity index (χ0n) is 8.04. The van der Waals surface area contributed by atoms with E-state index >= 15 is 0 Å². The van der Waals surface area contributed by atoms with Gasteiger partial charge in [-0.15, -0.1) is 11.8 Å². The zero-order chi connectivity index (χ0) is 10.6. The second-order valence-corrected chi connectivity index (χ2v) is 4.31. The number of carbonyl (C=O) groups is 1. The molecule has 0 aliphatic rings. The lowest BCUT2D eigenvalue weighted by atomic mass is 10.2. The molecular weight excluding hydrogens is 220 g/mol. The Morgan fingerprint density at radius 2 is 2.29 bits per heavy atom. The van der Waals surface area contributed by atoms with E-state index in [1.807, 2.05) is 6.07 Å². The average Bonchev–Trinajstić information content (AvgIpc) is 2.20. The molecule has 0 spiro atoms. The quantitative estimate of drug-likeness (QED) is 0.589. The fourth-order valence-corrected chi connectivity index (χ4v) is 1.92. The molecule has 1 rings (SSSR count). The van der Waals surface area contributed by atoms with Crippen LogP contribution in [0.2, 0.25) is 5.02 Å². The van der Waals surface area contributed by atoms with Gasteiger partial charge < -0.3 is 4.74 Å². The van der Waals surface area contributed by atoms with E-state index < -0.39 is 5.97 Å². The van der Waals surface area contributed by atoms with Crippen molar-refractivity contribution in [2.24, 2.45) is 0 Å². The molecule has 2 nitrogen and oxygen atoms in total. The summed E-state index contributed by atoms with van der Waals surface area (Å²) in [6.07, 6.45) is 0. The van der Waals surface area contributed by atoms with E-state index in [0.29, 0.717) is 10.6 Å². The van der Waals surface area contributed by atoms with Crippen molar-refractivity contribution >= 4 is 29.3 Å². The van der Waals surface area contributed by atoms with Crippen LogP contribution in [0.5, 0.6) is 0 Å². The largest absolute Gasteiger partial charge is 0.465 e. The third-order valence-electron chi connectivity index (χ3n) is 1.65. The van der Waals surface area contributed by atoms with Gasteiger partial charge in [0.1, 0.15) is 0 Å². The summed E-state index contributed by atoms with van der Waals surface area (Å²) >= 11 is 7.52. The van der Waals surface area contributed by atoms with E-state index in [1.54, 1.807) is 23.9 Å². The van der Waals surface area contributed by atoms with Gasteiger partial charge in [0, 0.05) is 4.90 Å². The molecule has 0 fully saturated rings. The van der Waals surface area contributed by atoms with E-state index in [2.05, 4.69) is 11.7 Å². The van der Waals surface area contributed by atoms with Crippen molar-refractivity contribution in [1.29, 1.82) is 0 Å². The Kier molecular flexibility index (Phi) is 4.29. The number of methoxy groups -OCH3 is 1. The van der Waals surface area contributed by atoms with Crippen molar-refractivity contribution in [1.82, 2.24) is 0 Å². The topological polar surface area (TPSA) is 26.3 Å². The van der Waals surface area contributed by atoms with E-state index in [4.69, 9.17) is 11.6 Å². The molecule has 0 unspecified atom stereocenters. The third kappa shape index (κ3) is 2.66. The molecule has 1 aromatic carbocycles. The number of hydrogen-bond donors (Lipinski definition) is 0. The number of ether oxygens (including phenoxy) is 1. The smallest absolute Gasteiger partial charge is 0.339 e. The number of thioether (sulfide) groups is 1. The SMILES string of the molecule is CCSc1ccc(Cl)c(C(=O)OC)c1. The van der Waals surface area contributed by atoms with Gasteiger partial charge in [0.2, 0.25) is 0 Å². The summed E-state index contributed by atoms with van der Waals surface area (Å²) in [7, 11) is 1.35. The van der Waals surface area contributed by atoms with Gasteiger partial charge in [0.05, 0.1) is 17.7 Å². The predicted molar refractivity (Wildman–Crippen MR) is 59.2 cm³/mol. The monoisotopic (exact) mass is 230 g/mol. The Hall–Kier alpha value is -0.670. The lowest BCUT2D eigenvalue weighted by Crippen LogP contribution is -2.02. The molecule has 0 heterocycles. The Bertz CT molecular complexity index is 339. The maximum atomic E-state index is 11.3. The molecule has 0 saturated heterocycles. The summed E-state index contributed by atoms with van der Waals surface area (Å²) in [6, 6.07) is 5.36. The van der Waals surface area contributed by atoms with Crippen LogP contribution in [-0.2, 0) is 4.74 Å². The summed E-state index contributed by atoms with van der Waals surface area (Å²) in [5.41, 5.74) is 0.424. The van der Waals surface area contributed by atoms with Crippen LogP contribution in [0.3, 0.4) is 0 Å². The van der Waals surface area contributed by atoms with Crippen LogP contribution in [0.25, 0.3) is 0 Å². The van der Waals surface area contributed by atoms with Gasteiger partial charge in [-0.05, 0) is 24.0 Å². The zero-order valence-corrected chi connectivity index (χ0v) is 9.61. The number of carbonyl (C=O) groups excluding carboxylic acids is 1. The number of rotatable bonds is 3. The first kappa shape index (κ1) is 11.4. The molecule has 0 bridgehead atoms. The highest BCUT2D eigenvalue weighted by atomic mass is 35.5. The highest BCUT2D eigenvalue weighted by Crippen LogP contribution is 2.24. The first-order valence-electron chi connectivity index (χ1n) is 4.19. The summed E-state index contributed by atoms with van der Waals surface area (Å²) in [6.45, 7) is 2.05. The Morgan fingerprint density at radius 1 is 1.57 bits per heavy atom. The van der Waals surface area contributed by atoms with Crippen molar-refractivity contribution in [3.05, 3.63) is 28.8 Å². The van der Waals surface area contributed by atoms with Gasteiger partial charge in [0.15, 0.2) is 0 Å². The normalized spacial score (nSPS) is 9.93. The first-order chi connectivity index (χ1) is 6.69. The van der Waals surface area contributed by atoms with E-state index in [1.165, 1.54) is 7.11 Å². The van der Waals surface area contributed by atoms with Crippen molar-refractivity contribution in [2.75, 3.05) is 12.9 Å². The maximum absolute atomic E-state index is 11.3. The van der Waals surface area contributed by atoms with Crippen molar-refractivity contribution in [2.45, 2.75) is 11.8 Å². The fourth-order valence-electron chi connectivity index (χ4n) is 1.03. The molecule has 0 aliphatic heterocycles. The molecule has 0 N–H and O–H groups in total. The number of esters is 1. The molecule has 76 valence electrons. The van der Waals surface area contributed by atoms with Gasteiger partial charge in [-0.1, -0.05) is 18.5 Å². The minimum atomic E-state index is -0.395. The van der Waals surface area contributed by atoms with Gasteiger partial charge in [0.25, 0.3) is 0 Å². The van der Waals surface area contributed by atoms with Crippen molar-refractivity contribution < 1.29 is 9.53 Å². The highest BCUT2D eigenvalue weighted by molar-refractivity contribution is 7.99. The summed E-state index contributed by atoms with van der Waals surface area (Å²) in [5.74, 6) is 0.566. The molecule has 0 atom stereocenters. The van der Waals surface area contributed by atoms with Crippen LogP contribution in [0.4, 0.5) is 0 Å². The maximum Gasteiger partial charge on any atom is 0.339 e. The molecule has 0 aliphatic carbocycles. The van der Waals surface area contributed by atoms with Crippen LogP contribution >= 0.6 is 23.4 Å². The molecule has 4 heteroatoms. The summed E-state index contributed by atoms with van der Waals surface area (Å²) in [5, 5.41) is 0.428. The van der Waals surface area contributed by atoms with Crippen LogP contribution in [0.15, 0.2) is 23.1 Å². The average molecular weight is 231 g/mol. The van der Waals surface area contributed by atoms with E-state index in [0.717, 1.165) is 10.6 Å². The molecule has 0 amide bonds. The van der Waals surface area contributed by atoms with Gasteiger partial charge in [-0.3, -0.25) is 0 Å². The standard InChI is InChI=1S/C10H11ClO2S/c1-3-14-7-4-5-9(11)8(6-7)10(12)13-2/h4-6H,3H2,1-2H3. The van der Waals surface area contributed by atoms with Crippen molar-refractivity contribution in [3.63, 3.8) is 0 Å². The van der Waals surface area contributed by atoms with E-state index in [-0.39, 0.29) is 0 Å². The third-order valence-corrected chi connectivity index (χ3v) is 2.86. The molecule has 0 aromatic heterocycles. The van der Waals surface area contributed by atoms with Gasteiger partial charge in [-0.25, -0.2) is 4.79 Å². The minimum Gasteiger partial charge on any atom is -0.465 e. The van der Waals surface area contributed by atoms with Crippen LogP contribution in [0, 0.1) is 0 Å². The molecule has 0 saturated carbocycles.